The van der Waals surface area contributed by atoms with Gasteiger partial charge in [-0.2, -0.15) is 0 Å². The Morgan fingerprint density at radius 1 is 0.955 bits per heavy atom. The number of halogens is 1. The second-order valence-corrected chi connectivity index (χ2v) is 4.73. The summed E-state index contributed by atoms with van der Waals surface area (Å²) in [5, 5.41) is 2.50. The zero-order valence-corrected chi connectivity index (χ0v) is 11.9. The fourth-order valence-corrected chi connectivity index (χ4v) is 1.81. The molecule has 0 heterocycles. The highest BCUT2D eigenvalue weighted by Crippen LogP contribution is 2.04. The molecule has 0 radical (unpaired) electrons. The van der Waals surface area contributed by atoms with Crippen molar-refractivity contribution in [2.24, 2.45) is 0 Å². The monoisotopic (exact) mass is 301 g/mol. The molecule has 0 aliphatic rings. The maximum atomic E-state index is 12.7. The van der Waals surface area contributed by atoms with Crippen LogP contribution >= 0.6 is 0 Å². The van der Waals surface area contributed by atoms with Gasteiger partial charge in [-0.1, -0.05) is 42.5 Å². The smallest absolute Gasteiger partial charge is 0.325 e. The molecule has 0 aliphatic heterocycles. The number of nitrogens with one attached hydrogen (secondary N) is 1. The van der Waals surface area contributed by atoms with Crippen molar-refractivity contribution in [3.05, 3.63) is 71.5 Å². The first kappa shape index (κ1) is 15.7. The molecule has 5 heteroatoms. The van der Waals surface area contributed by atoms with Gasteiger partial charge in [-0.05, 0) is 23.3 Å². The lowest BCUT2D eigenvalue weighted by Crippen LogP contribution is -2.31. The van der Waals surface area contributed by atoms with Crippen LogP contribution in [0.5, 0.6) is 0 Å². The summed E-state index contributed by atoms with van der Waals surface area (Å²) < 4.78 is 17.7. The molecule has 0 aliphatic carbocycles. The molecule has 0 unspecified atom stereocenters. The van der Waals surface area contributed by atoms with E-state index in [1.165, 1.54) is 24.3 Å². The van der Waals surface area contributed by atoms with Crippen molar-refractivity contribution in [3.8, 4) is 0 Å². The molecule has 2 aromatic rings. The summed E-state index contributed by atoms with van der Waals surface area (Å²) in [6.07, 6.45) is 0.214. The van der Waals surface area contributed by atoms with E-state index in [-0.39, 0.29) is 31.3 Å². The fraction of sp³-hybridized carbons (Fsp3) is 0.176. The Morgan fingerprint density at radius 2 is 1.64 bits per heavy atom. The van der Waals surface area contributed by atoms with E-state index in [1.807, 2.05) is 30.3 Å². The molecular weight excluding hydrogens is 285 g/mol. The Kier molecular flexibility index (Phi) is 5.65. The molecule has 0 aromatic heterocycles. The van der Waals surface area contributed by atoms with Crippen LogP contribution in [0.25, 0.3) is 0 Å². The van der Waals surface area contributed by atoms with Crippen molar-refractivity contribution in [2.75, 3.05) is 6.54 Å². The first-order valence-electron chi connectivity index (χ1n) is 6.84. The van der Waals surface area contributed by atoms with Crippen LogP contribution in [0.3, 0.4) is 0 Å². The summed E-state index contributed by atoms with van der Waals surface area (Å²) in [4.78, 5) is 23.2. The van der Waals surface area contributed by atoms with Crippen LogP contribution in [-0.4, -0.2) is 18.4 Å². The van der Waals surface area contributed by atoms with Crippen LogP contribution < -0.4 is 5.32 Å². The highest BCUT2D eigenvalue weighted by Gasteiger charge is 2.07. The Hall–Kier alpha value is -2.69. The van der Waals surface area contributed by atoms with E-state index >= 15 is 0 Å². The van der Waals surface area contributed by atoms with Crippen LogP contribution in [0.1, 0.15) is 11.1 Å². The summed E-state index contributed by atoms with van der Waals surface area (Å²) in [5.41, 5.74) is 1.56. The lowest BCUT2D eigenvalue weighted by molar-refractivity contribution is -0.145. The van der Waals surface area contributed by atoms with Crippen molar-refractivity contribution in [2.45, 2.75) is 13.0 Å². The molecule has 0 saturated carbocycles. The molecule has 0 fully saturated rings. The maximum absolute atomic E-state index is 12.7. The van der Waals surface area contributed by atoms with Crippen LogP contribution in [0.2, 0.25) is 0 Å². The van der Waals surface area contributed by atoms with Crippen LogP contribution in [0.15, 0.2) is 54.6 Å². The molecule has 4 nitrogen and oxygen atoms in total. The number of carbonyl (C=O) groups excluding carboxylic acids is 2. The molecule has 22 heavy (non-hydrogen) atoms. The number of esters is 1. The summed E-state index contributed by atoms with van der Waals surface area (Å²) in [7, 11) is 0. The van der Waals surface area contributed by atoms with Gasteiger partial charge in [-0.25, -0.2) is 4.39 Å². The van der Waals surface area contributed by atoms with Gasteiger partial charge >= 0.3 is 5.97 Å². The highest BCUT2D eigenvalue weighted by atomic mass is 19.1. The molecular formula is C17H16FNO3. The average molecular weight is 301 g/mol. The molecule has 2 rings (SSSR count). The molecule has 1 N–H and O–H groups in total. The van der Waals surface area contributed by atoms with Gasteiger partial charge in [0.15, 0.2) is 0 Å². The molecule has 1 amide bonds. The zero-order chi connectivity index (χ0) is 15.8. The zero-order valence-electron chi connectivity index (χ0n) is 11.9. The van der Waals surface area contributed by atoms with Gasteiger partial charge in [0.1, 0.15) is 19.0 Å². The first-order chi connectivity index (χ1) is 10.6. The lowest BCUT2D eigenvalue weighted by Gasteiger charge is -2.07. The Morgan fingerprint density at radius 3 is 2.32 bits per heavy atom. The van der Waals surface area contributed by atoms with Gasteiger partial charge in [0.05, 0.1) is 6.42 Å². The van der Waals surface area contributed by atoms with Crippen LogP contribution in [0, 0.1) is 5.82 Å². The van der Waals surface area contributed by atoms with Gasteiger partial charge in [0, 0.05) is 0 Å². The van der Waals surface area contributed by atoms with Crippen molar-refractivity contribution >= 4 is 11.9 Å². The summed E-state index contributed by atoms with van der Waals surface area (Å²) >= 11 is 0. The van der Waals surface area contributed by atoms with Crippen molar-refractivity contribution in [1.82, 2.24) is 5.32 Å². The Balaban J connectivity index is 1.69. The predicted molar refractivity (Wildman–Crippen MR) is 79.4 cm³/mol. The van der Waals surface area contributed by atoms with E-state index in [0.29, 0.717) is 5.56 Å². The largest absolute Gasteiger partial charge is 0.460 e. The van der Waals surface area contributed by atoms with E-state index in [4.69, 9.17) is 4.74 Å². The second kappa shape index (κ2) is 7.93. The fourth-order valence-electron chi connectivity index (χ4n) is 1.81. The number of ether oxygens (including phenoxy) is 1. The molecule has 0 bridgehead atoms. The van der Waals surface area contributed by atoms with E-state index < -0.39 is 5.97 Å². The lowest BCUT2D eigenvalue weighted by atomic mass is 10.1. The molecule has 2 aromatic carbocycles. The van der Waals surface area contributed by atoms with Crippen molar-refractivity contribution in [3.63, 3.8) is 0 Å². The third-order valence-corrected chi connectivity index (χ3v) is 2.95. The number of benzene rings is 2. The van der Waals surface area contributed by atoms with E-state index in [0.717, 1.165) is 5.56 Å². The summed E-state index contributed by atoms with van der Waals surface area (Å²) in [6, 6.07) is 14.9. The minimum atomic E-state index is -0.536. The Labute approximate surface area is 127 Å². The van der Waals surface area contributed by atoms with E-state index in [2.05, 4.69) is 5.32 Å². The Bertz CT molecular complexity index is 626. The van der Waals surface area contributed by atoms with Gasteiger partial charge in [-0.15, -0.1) is 0 Å². The SMILES string of the molecule is O=C(Cc1ccccc1)NCC(=O)OCc1ccc(F)cc1. The normalized spacial score (nSPS) is 10.0. The van der Waals surface area contributed by atoms with E-state index in [9.17, 15) is 14.0 Å². The third-order valence-electron chi connectivity index (χ3n) is 2.95. The quantitative estimate of drug-likeness (QED) is 0.832. The van der Waals surface area contributed by atoms with Crippen molar-refractivity contribution in [1.29, 1.82) is 0 Å². The van der Waals surface area contributed by atoms with Crippen LogP contribution in [-0.2, 0) is 27.4 Å². The average Bonchev–Trinajstić information content (AvgIpc) is 2.53. The van der Waals surface area contributed by atoms with E-state index in [1.54, 1.807) is 0 Å². The molecule has 0 spiro atoms. The molecule has 114 valence electrons. The third kappa shape index (κ3) is 5.36. The number of amides is 1. The van der Waals surface area contributed by atoms with Gasteiger partial charge < -0.3 is 10.1 Å². The summed E-state index contributed by atoms with van der Waals surface area (Å²) in [6.45, 7) is -0.138. The number of rotatable bonds is 6. The molecule has 0 saturated heterocycles. The minimum Gasteiger partial charge on any atom is -0.460 e. The first-order valence-corrected chi connectivity index (χ1v) is 6.84. The van der Waals surface area contributed by atoms with Gasteiger partial charge in [0.25, 0.3) is 0 Å². The van der Waals surface area contributed by atoms with Gasteiger partial charge in [0.2, 0.25) is 5.91 Å². The minimum absolute atomic E-state index is 0.0493. The maximum Gasteiger partial charge on any atom is 0.325 e. The number of carbonyl (C=O) groups is 2. The summed E-state index contributed by atoms with van der Waals surface area (Å²) in [5.74, 6) is -1.13. The van der Waals surface area contributed by atoms with Gasteiger partial charge in [-0.3, -0.25) is 9.59 Å². The molecule has 0 atom stereocenters. The highest BCUT2D eigenvalue weighted by molar-refractivity contribution is 5.83. The van der Waals surface area contributed by atoms with Crippen LogP contribution in [0.4, 0.5) is 4.39 Å². The topological polar surface area (TPSA) is 55.4 Å². The standard InChI is InChI=1S/C17H16FNO3/c18-15-8-6-14(7-9-15)12-22-17(21)11-19-16(20)10-13-4-2-1-3-5-13/h1-9H,10-12H2,(H,19,20). The number of hydrogen-bond donors (Lipinski definition) is 1. The predicted octanol–water partition coefficient (Wildman–Crippen LogP) is 2.23. The van der Waals surface area contributed by atoms with Crippen molar-refractivity contribution < 1.29 is 18.7 Å². The second-order valence-electron chi connectivity index (χ2n) is 4.73. The number of hydrogen-bond acceptors (Lipinski definition) is 3.